The van der Waals surface area contributed by atoms with E-state index in [1.54, 1.807) is 0 Å². The largest absolute Gasteiger partial charge is 0.461 e. The van der Waals surface area contributed by atoms with Gasteiger partial charge >= 0.3 is 5.97 Å². The summed E-state index contributed by atoms with van der Waals surface area (Å²) in [7, 11) is 0. The second-order valence-corrected chi connectivity index (χ2v) is 8.49. The Kier molecular flexibility index (Phi) is 9.52. The van der Waals surface area contributed by atoms with Crippen LogP contribution < -0.4 is 5.32 Å². The first kappa shape index (κ1) is 22.4. The first-order valence-corrected chi connectivity index (χ1v) is 11.1. The number of hydrogen-bond acceptors (Lipinski definition) is 3. The van der Waals surface area contributed by atoms with Crippen molar-refractivity contribution in [1.82, 2.24) is 0 Å². The molecule has 1 aromatic carbocycles. The zero-order valence-electron chi connectivity index (χ0n) is 17.8. The van der Waals surface area contributed by atoms with Crippen LogP contribution in [0, 0.1) is 17.8 Å². The Labute approximate surface area is 170 Å². The van der Waals surface area contributed by atoms with Crippen molar-refractivity contribution >= 4 is 17.6 Å². The average molecular weight is 388 g/mol. The molecule has 1 aromatic rings. The highest BCUT2D eigenvalue weighted by Crippen LogP contribution is 2.27. The predicted molar refractivity (Wildman–Crippen MR) is 114 cm³/mol. The van der Waals surface area contributed by atoms with E-state index < -0.39 is 0 Å². The number of nitrogens with one attached hydrogen (secondary N) is 1. The number of carbonyl (C=O) groups is 2. The lowest BCUT2D eigenvalue weighted by Gasteiger charge is -2.20. The first-order chi connectivity index (χ1) is 13.5. The van der Waals surface area contributed by atoms with E-state index in [2.05, 4.69) is 12.2 Å². The summed E-state index contributed by atoms with van der Waals surface area (Å²) < 4.78 is 5.61. The Morgan fingerprint density at radius 2 is 1.57 bits per heavy atom. The molecule has 0 aromatic heterocycles. The van der Waals surface area contributed by atoms with Crippen molar-refractivity contribution in [3.63, 3.8) is 0 Å². The number of benzene rings is 1. The normalized spacial score (nSPS) is 21.1. The van der Waals surface area contributed by atoms with Gasteiger partial charge in [-0.2, -0.15) is 0 Å². The van der Waals surface area contributed by atoms with E-state index >= 15 is 0 Å². The number of rotatable bonds is 6. The summed E-state index contributed by atoms with van der Waals surface area (Å²) in [6, 6.07) is 7.52. The van der Waals surface area contributed by atoms with Gasteiger partial charge in [0, 0.05) is 11.6 Å². The van der Waals surface area contributed by atoms with Crippen molar-refractivity contribution in [3.8, 4) is 0 Å². The molecule has 0 atom stereocenters. The lowest BCUT2D eigenvalue weighted by Crippen LogP contribution is -2.19. The molecule has 1 N–H and O–H groups in total. The van der Waals surface area contributed by atoms with Crippen LogP contribution in [-0.4, -0.2) is 11.9 Å². The zero-order chi connectivity index (χ0) is 20.4. The number of hydrogen-bond donors (Lipinski definition) is 1. The quantitative estimate of drug-likeness (QED) is 0.600. The molecule has 1 aliphatic carbocycles. The van der Waals surface area contributed by atoms with Gasteiger partial charge in [0.2, 0.25) is 5.91 Å². The molecule has 0 bridgehead atoms. The van der Waals surface area contributed by atoms with E-state index in [9.17, 15) is 9.59 Å². The van der Waals surface area contributed by atoms with E-state index in [1.807, 2.05) is 38.1 Å². The van der Waals surface area contributed by atoms with Gasteiger partial charge in [0.1, 0.15) is 6.61 Å². The summed E-state index contributed by atoms with van der Waals surface area (Å²) in [4.78, 5) is 24.3. The minimum absolute atomic E-state index is 0.000403. The monoisotopic (exact) mass is 387 g/mol. The lowest BCUT2D eigenvalue weighted by atomic mass is 9.87. The van der Waals surface area contributed by atoms with Crippen molar-refractivity contribution in [2.24, 2.45) is 17.8 Å². The van der Waals surface area contributed by atoms with Gasteiger partial charge in [0.15, 0.2) is 0 Å². The summed E-state index contributed by atoms with van der Waals surface area (Å²) in [6.07, 6.45) is 10.5. The second-order valence-electron chi connectivity index (χ2n) is 8.49. The van der Waals surface area contributed by atoms with Gasteiger partial charge in [0.05, 0.1) is 5.92 Å². The number of carbonyl (C=O) groups excluding carboxylic acids is 2. The number of ether oxygens (including phenoxy) is 1. The molecule has 2 rings (SSSR count). The summed E-state index contributed by atoms with van der Waals surface area (Å²) in [6.45, 7) is 6.32. The summed E-state index contributed by atoms with van der Waals surface area (Å²) in [5.74, 6) is 0.815. The topological polar surface area (TPSA) is 55.4 Å². The van der Waals surface area contributed by atoms with Crippen LogP contribution in [-0.2, 0) is 20.9 Å². The Morgan fingerprint density at radius 1 is 1.00 bits per heavy atom. The van der Waals surface area contributed by atoms with E-state index in [1.165, 1.54) is 32.1 Å². The summed E-state index contributed by atoms with van der Waals surface area (Å²) in [5, 5.41) is 2.87. The maximum atomic E-state index is 12.6. The molecule has 1 fully saturated rings. The molecule has 156 valence electrons. The summed E-state index contributed by atoms with van der Waals surface area (Å²) in [5.41, 5.74) is 1.72. The van der Waals surface area contributed by atoms with Crippen LogP contribution in [0.4, 0.5) is 5.69 Å². The highest BCUT2D eigenvalue weighted by Gasteiger charge is 2.21. The van der Waals surface area contributed by atoms with E-state index in [4.69, 9.17) is 4.74 Å². The van der Waals surface area contributed by atoms with Crippen molar-refractivity contribution in [2.75, 3.05) is 5.32 Å². The molecule has 4 heteroatoms. The van der Waals surface area contributed by atoms with Crippen LogP contribution in [0.25, 0.3) is 0 Å². The Bertz CT molecular complexity index is 597. The predicted octanol–water partition coefficient (Wildman–Crippen LogP) is 6.10. The Hall–Kier alpha value is -1.84. The van der Waals surface area contributed by atoms with Crippen LogP contribution in [0.3, 0.4) is 0 Å². The highest BCUT2D eigenvalue weighted by molar-refractivity contribution is 5.92. The fourth-order valence-electron chi connectivity index (χ4n) is 3.82. The minimum Gasteiger partial charge on any atom is -0.461 e. The fraction of sp³-hybridized carbons (Fsp3) is 0.667. The number of esters is 1. The van der Waals surface area contributed by atoms with Gasteiger partial charge in [-0.3, -0.25) is 9.59 Å². The number of amides is 1. The molecule has 0 spiro atoms. The maximum absolute atomic E-state index is 12.6. The van der Waals surface area contributed by atoms with Gasteiger partial charge < -0.3 is 10.1 Å². The fourth-order valence-corrected chi connectivity index (χ4v) is 3.82. The molecule has 0 unspecified atom stereocenters. The minimum atomic E-state index is -0.0511. The van der Waals surface area contributed by atoms with Gasteiger partial charge in [-0.15, -0.1) is 0 Å². The molecule has 1 aliphatic rings. The smallest absolute Gasteiger partial charge is 0.309 e. The van der Waals surface area contributed by atoms with Crippen LogP contribution in [0.1, 0.15) is 84.1 Å². The van der Waals surface area contributed by atoms with Crippen LogP contribution in [0.15, 0.2) is 24.3 Å². The molecule has 0 heterocycles. The SMILES string of the molecule is CCC1CCCCC(C(=O)OCc2ccc(NC(=O)C(C)C)cc2)CCCC1. The van der Waals surface area contributed by atoms with Gasteiger partial charge in [0.25, 0.3) is 0 Å². The van der Waals surface area contributed by atoms with E-state index in [0.29, 0.717) is 6.61 Å². The molecule has 4 nitrogen and oxygen atoms in total. The Morgan fingerprint density at radius 3 is 2.11 bits per heavy atom. The molecule has 1 amide bonds. The van der Waals surface area contributed by atoms with Gasteiger partial charge in [-0.05, 0) is 36.5 Å². The highest BCUT2D eigenvalue weighted by atomic mass is 16.5. The van der Waals surface area contributed by atoms with Gasteiger partial charge in [-0.25, -0.2) is 0 Å². The van der Waals surface area contributed by atoms with Crippen molar-refractivity contribution in [1.29, 1.82) is 0 Å². The molecule has 1 saturated carbocycles. The van der Waals surface area contributed by atoms with Gasteiger partial charge in [-0.1, -0.05) is 77.8 Å². The van der Waals surface area contributed by atoms with E-state index in [-0.39, 0.29) is 23.7 Å². The molecule has 0 aliphatic heterocycles. The van der Waals surface area contributed by atoms with Crippen molar-refractivity contribution in [3.05, 3.63) is 29.8 Å². The third kappa shape index (κ3) is 7.65. The van der Waals surface area contributed by atoms with Crippen LogP contribution >= 0.6 is 0 Å². The third-order valence-electron chi connectivity index (χ3n) is 5.87. The molecule has 0 saturated heterocycles. The average Bonchev–Trinajstić information content (AvgIpc) is 2.70. The van der Waals surface area contributed by atoms with Crippen LogP contribution in [0.2, 0.25) is 0 Å². The maximum Gasteiger partial charge on any atom is 0.309 e. The molecular weight excluding hydrogens is 350 g/mol. The zero-order valence-corrected chi connectivity index (χ0v) is 17.8. The standard InChI is InChI=1S/C24H37NO3/c1-4-19-9-5-7-11-21(12-8-6-10-19)24(27)28-17-20-13-15-22(16-14-20)25-23(26)18(2)3/h13-16,18-19,21H,4-12,17H2,1-3H3,(H,25,26). The summed E-state index contributed by atoms with van der Waals surface area (Å²) >= 11 is 0. The van der Waals surface area contributed by atoms with Crippen molar-refractivity contribution in [2.45, 2.75) is 85.2 Å². The van der Waals surface area contributed by atoms with E-state index in [0.717, 1.165) is 42.9 Å². The number of anilines is 1. The van der Waals surface area contributed by atoms with Crippen LogP contribution in [0.5, 0.6) is 0 Å². The molecular formula is C24H37NO3. The molecule has 0 radical (unpaired) electrons. The Balaban J connectivity index is 1.79. The lowest BCUT2D eigenvalue weighted by molar-refractivity contribution is -0.150. The second kappa shape index (κ2) is 11.9. The first-order valence-electron chi connectivity index (χ1n) is 11.1. The molecule has 28 heavy (non-hydrogen) atoms. The van der Waals surface area contributed by atoms with Crippen molar-refractivity contribution < 1.29 is 14.3 Å². The third-order valence-corrected chi connectivity index (χ3v) is 5.87.